The number of alkyl halides is 4. The summed E-state index contributed by atoms with van der Waals surface area (Å²) in [4.78, 5) is 21.0. The average Bonchev–Trinajstić information content (AvgIpc) is 3.54. The zero-order chi connectivity index (χ0) is 25.6. The van der Waals surface area contributed by atoms with Gasteiger partial charge in [-0.1, -0.05) is 6.07 Å². The molecule has 8 nitrogen and oxygen atoms in total. The Morgan fingerprint density at radius 3 is 2.47 bits per heavy atom. The minimum atomic E-state index is -4.56. The molecule has 2 fully saturated rings. The highest BCUT2D eigenvalue weighted by atomic mass is 19.4. The maximum atomic E-state index is 14.5. The molecular weight excluding hydrogens is 478 g/mol. The molecule has 0 bridgehead atoms. The van der Waals surface area contributed by atoms with Gasteiger partial charge in [0.05, 0.1) is 23.0 Å². The molecule has 0 saturated heterocycles. The highest BCUT2D eigenvalue weighted by Gasteiger charge is 2.52. The first-order chi connectivity index (χ1) is 17.1. The van der Waals surface area contributed by atoms with E-state index in [0.717, 1.165) is 24.9 Å². The van der Waals surface area contributed by atoms with Crippen molar-refractivity contribution in [3.05, 3.63) is 53.6 Å². The van der Waals surface area contributed by atoms with Gasteiger partial charge >= 0.3 is 6.18 Å². The molecule has 4 N–H and O–H groups in total. The molecule has 2 saturated carbocycles. The monoisotopic (exact) mass is 501 g/mol. The van der Waals surface area contributed by atoms with Crippen molar-refractivity contribution in [2.24, 2.45) is 0 Å². The lowest BCUT2D eigenvalue weighted by molar-refractivity contribution is -0.141. The van der Waals surface area contributed by atoms with Gasteiger partial charge in [-0.3, -0.25) is 19.9 Å². The number of pyridine rings is 2. The lowest BCUT2D eigenvalue weighted by atomic mass is 9.82. The van der Waals surface area contributed by atoms with E-state index >= 15 is 0 Å². The fraction of sp³-hybridized carbons (Fsp3) is 0.375. The van der Waals surface area contributed by atoms with E-state index in [-0.39, 0.29) is 12.5 Å². The summed E-state index contributed by atoms with van der Waals surface area (Å²) in [5.74, 6) is -0.384. The van der Waals surface area contributed by atoms with Crippen molar-refractivity contribution in [3.8, 4) is 11.4 Å². The predicted molar refractivity (Wildman–Crippen MR) is 125 cm³/mol. The van der Waals surface area contributed by atoms with Crippen LogP contribution in [0, 0.1) is 5.41 Å². The molecule has 5 rings (SSSR count). The van der Waals surface area contributed by atoms with E-state index in [1.54, 1.807) is 6.07 Å². The van der Waals surface area contributed by atoms with Gasteiger partial charge in [0.25, 0.3) is 0 Å². The van der Waals surface area contributed by atoms with Gasteiger partial charge in [-0.2, -0.15) is 18.3 Å². The summed E-state index contributed by atoms with van der Waals surface area (Å²) in [5, 5.41) is 20.3. The molecule has 0 atom stereocenters. The van der Waals surface area contributed by atoms with E-state index < -0.39 is 23.0 Å². The standard InChI is InChI=1S/C24H23F4N7O/c25-22(4-1-5-22)13-32-16-8-17(30-10-14(16)9-29)20-18(12-33-35-20)34-21(36)23(6-7-23)15-2-3-19(31-11-15)24(26,27)28/h2-3,8-12,29H,1,4-7,13H2,(H,30,32)(H,33,35)(H,34,36). The molecule has 0 radical (unpaired) electrons. The number of aromatic amines is 1. The lowest BCUT2D eigenvalue weighted by Gasteiger charge is -2.34. The Labute approximate surface area is 203 Å². The second-order valence-corrected chi connectivity index (χ2v) is 9.28. The Morgan fingerprint density at radius 1 is 1.11 bits per heavy atom. The van der Waals surface area contributed by atoms with Crippen LogP contribution in [0.2, 0.25) is 0 Å². The average molecular weight is 501 g/mol. The Hall–Kier alpha value is -3.83. The third-order valence-electron chi connectivity index (χ3n) is 6.87. The maximum Gasteiger partial charge on any atom is 0.433 e. The van der Waals surface area contributed by atoms with Crippen LogP contribution in [0.1, 0.15) is 48.9 Å². The molecule has 0 aromatic carbocycles. The third-order valence-corrected chi connectivity index (χ3v) is 6.87. The second-order valence-electron chi connectivity index (χ2n) is 9.28. The molecule has 2 aliphatic rings. The molecular formula is C24H23F4N7O. The number of H-pyrrole nitrogens is 1. The van der Waals surface area contributed by atoms with Crippen molar-refractivity contribution in [2.75, 3.05) is 17.2 Å². The van der Waals surface area contributed by atoms with Crippen LogP contribution in [0.4, 0.5) is 28.9 Å². The number of carbonyl (C=O) groups excluding carboxylic acids is 1. The maximum absolute atomic E-state index is 14.5. The number of amides is 1. The molecule has 36 heavy (non-hydrogen) atoms. The van der Waals surface area contributed by atoms with Gasteiger partial charge < -0.3 is 16.0 Å². The normalized spacial score (nSPS) is 17.7. The van der Waals surface area contributed by atoms with Crippen molar-refractivity contribution in [1.82, 2.24) is 20.2 Å². The van der Waals surface area contributed by atoms with Crippen molar-refractivity contribution in [1.29, 1.82) is 5.41 Å². The molecule has 3 aromatic rings. The van der Waals surface area contributed by atoms with Gasteiger partial charge in [0.15, 0.2) is 0 Å². The number of halogens is 4. The SMILES string of the molecule is N=Cc1cnc(-c2[nH]ncc2NC(=O)C2(c3ccc(C(F)(F)F)nc3)CC2)cc1NCC1(F)CCC1. The van der Waals surface area contributed by atoms with Crippen molar-refractivity contribution >= 4 is 23.5 Å². The number of nitrogens with zero attached hydrogens (tertiary/aromatic N) is 3. The van der Waals surface area contributed by atoms with Crippen LogP contribution in [0.5, 0.6) is 0 Å². The number of hydrogen-bond donors (Lipinski definition) is 4. The van der Waals surface area contributed by atoms with Crippen LogP contribution in [0.3, 0.4) is 0 Å². The van der Waals surface area contributed by atoms with Crippen LogP contribution in [-0.4, -0.2) is 44.5 Å². The van der Waals surface area contributed by atoms with E-state index in [1.807, 2.05) is 0 Å². The number of carbonyl (C=O) groups is 1. The Bertz CT molecular complexity index is 1290. The van der Waals surface area contributed by atoms with Gasteiger partial charge in [0, 0.05) is 36.4 Å². The number of hydrogen-bond acceptors (Lipinski definition) is 6. The summed E-state index contributed by atoms with van der Waals surface area (Å²) in [6.45, 7) is 0.119. The van der Waals surface area contributed by atoms with Crippen LogP contribution < -0.4 is 10.6 Å². The Balaban J connectivity index is 1.35. The minimum absolute atomic E-state index is 0.119. The van der Waals surface area contributed by atoms with Crippen LogP contribution in [0.25, 0.3) is 11.4 Å². The van der Waals surface area contributed by atoms with Gasteiger partial charge in [-0.25, -0.2) is 4.39 Å². The zero-order valence-corrected chi connectivity index (χ0v) is 19.0. The minimum Gasteiger partial charge on any atom is -0.381 e. The fourth-order valence-corrected chi connectivity index (χ4v) is 4.30. The molecule has 188 valence electrons. The molecule has 2 aliphatic carbocycles. The summed E-state index contributed by atoms with van der Waals surface area (Å²) < 4.78 is 53.1. The predicted octanol–water partition coefficient (Wildman–Crippen LogP) is 4.86. The summed E-state index contributed by atoms with van der Waals surface area (Å²) in [7, 11) is 0. The molecule has 3 aromatic heterocycles. The van der Waals surface area contributed by atoms with E-state index in [1.165, 1.54) is 18.5 Å². The highest BCUT2D eigenvalue weighted by Crippen LogP contribution is 2.49. The molecule has 0 spiro atoms. The van der Waals surface area contributed by atoms with E-state index in [2.05, 4.69) is 30.8 Å². The Kier molecular flexibility index (Phi) is 5.76. The van der Waals surface area contributed by atoms with Gasteiger partial charge in [0.1, 0.15) is 17.1 Å². The smallest absolute Gasteiger partial charge is 0.381 e. The van der Waals surface area contributed by atoms with Gasteiger partial charge in [-0.15, -0.1) is 0 Å². The lowest BCUT2D eigenvalue weighted by Crippen LogP contribution is -2.39. The summed E-state index contributed by atoms with van der Waals surface area (Å²) in [6.07, 6.45) is 3.33. The van der Waals surface area contributed by atoms with Crippen LogP contribution in [0.15, 0.2) is 36.8 Å². The number of nitrogens with one attached hydrogen (secondary N) is 4. The van der Waals surface area contributed by atoms with Gasteiger partial charge in [-0.05, 0) is 49.8 Å². The van der Waals surface area contributed by atoms with Crippen LogP contribution >= 0.6 is 0 Å². The quantitative estimate of drug-likeness (QED) is 0.260. The van der Waals surface area contributed by atoms with Crippen molar-refractivity contribution < 1.29 is 22.4 Å². The number of anilines is 2. The largest absolute Gasteiger partial charge is 0.433 e. The van der Waals surface area contributed by atoms with Gasteiger partial charge in [0.2, 0.25) is 5.91 Å². The number of rotatable bonds is 8. The molecule has 0 aliphatic heterocycles. The van der Waals surface area contributed by atoms with E-state index in [9.17, 15) is 22.4 Å². The van der Waals surface area contributed by atoms with E-state index in [0.29, 0.717) is 59.6 Å². The Morgan fingerprint density at radius 2 is 1.89 bits per heavy atom. The van der Waals surface area contributed by atoms with E-state index in [4.69, 9.17) is 5.41 Å². The first-order valence-electron chi connectivity index (χ1n) is 11.5. The molecule has 3 heterocycles. The molecule has 12 heteroatoms. The molecule has 1 amide bonds. The summed E-state index contributed by atoms with van der Waals surface area (Å²) in [5.41, 5.74) is -0.655. The zero-order valence-electron chi connectivity index (χ0n) is 19.0. The van der Waals surface area contributed by atoms with Crippen molar-refractivity contribution in [2.45, 2.75) is 49.4 Å². The first-order valence-corrected chi connectivity index (χ1v) is 11.5. The summed E-state index contributed by atoms with van der Waals surface area (Å²) in [6, 6.07) is 3.81. The summed E-state index contributed by atoms with van der Waals surface area (Å²) >= 11 is 0. The third kappa shape index (κ3) is 4.42. The fourth-order valence-electron chi connectivity index (χ4n) is 4.30. The first kappa shape index (κ1) is 23.9. The second kappa shape index (κ2) is 8.68. The van der Waals surface area contributed by atoms with Crippen LogP contribution in [-0.2, 0) is 16.4 Å². The van der Waals surface area contributed by atoms with Crippen molar-refractivity contribution in [3.63, 3.8) is 0 Å². The molecule has 0 unspecified atom stereocenters. The number of aromatic nitrogens is 4. The topological polar surface area (TPSA) is 119 Å². The highest BCUT2D eigenvalue weighted by molar-refractivity contribution is 6.03.